The topological polar surface area (TPSA) is 50.4 Å². The first-order valence-corrected chi connectivity index (χ1v) is 7.54. The Balaban J connectivity index is 2.46. The van der Waals surface area contributed by atoms with Gasteiger partial charge in [0, 0.05) is 5.70 Å². The van der Waals surface area contributed by atoms with Gasteiger partial charge in [0.25, 0.3) is 0 Å². The van der Waals surface area contributed by atoms with Crippen molar-refractivity contribution in [1.82, 2.24) is 10.6 Å². The fourth-order valence-corrected chi connectivity index (χ4v) is 2.78. The highest BCUT2D eigenvalue weighted by Crippen LogP contribution is 2.30. The van der Waals surface area contributed by atoms with E-state index in [1.54, 1.807) is 26.0 Å². The number of thiocarbonyl (C=S) groups is 1. The maximum atomic E-state index is 13.4. The van der Waals surface area contributed by atoms with E-state index in [-0.39, 0.29) is 12.4 Å². The molecule has 1 aliphatic rings. The molecule has 0 radical (unpaired) electrons. The SMILES string of the molecule is CCOC(=O)C1=C(C)NC(=S)N[C@@H]1c1ccc(F)c(Br)c1. The summed E-state index contributed by atoms with van der Waals surface area (Å²) in [6, 6.07) is 4.09. The molecule has 1 atom stereocenters. The molecule has 2 rings (SSSR count). The Kier molecular flexibility index (Phi) is 4.95. The number of carbonyl (C=O) groups is 1. The third-order valence-corrected chi connectivity index (χ3v) is 3.87. The standard InChI is InChI=1S/C14H14BrFN2O2S/c1-3-20-13(19)11-7(2)17-14(21)18-12(11)8-4-5-10(16)9(15)6-8/h4-6,12H,3H2,1-2H3,(H2,17,18,21)/t12-/m1/s1. The normalized spacial score (nSPS) is 18.1. The third-order valence-electron chi connectivity index (χ3n) is 3.04. The van der Waals surface area contributed by atoms with E-state index in [4.69, 9.17) is 17.0 Å². The molecule has 1 heterocycles. The zero-order valence-corrected chi connectivity index (χ0v) is 13.9. The molecule has 1 aromatic carbocycles. The van der Waals surface area contributed by atoms with Crippen LogP contribution < -0.4 is 10.6 Å². The number of hydrogen-bond donors (Lipinski definition) is 2. The van der Waals surface area contributed by atoms with Gasteiger partial charge in [0.1, 0.15) is 5.82 Å². The van der Waals surface area contributed by atoms with E-state index in [9.17, 15) is 9.18 Å². The lowest BCUT2D eigenvalue weighted by Gasteiger charge is -2.29. The summed E-state index contributed by atoms with van der Waals surface area (Å²) >= 11 is 8.28. The Morgan fingerprint density at radius 1 is 1.52 bits per heavy atom. The largest absolute Gasteiger partial charge is 0.463 e. The number of hydrogen-bond acceptors (Lipinski definition) is 3. The zero-order chi connectivity index (χ0) is 15.6. The van der Waals surface area contributed by atoms with Crippen LogP contribution in [-0.2, 0) is 9.53 Å². The van der Waals surface area contributed by atoms with Crippen LogP contribution in [0.15, 0.2) is 33.9 Å². The summed E-state index contributed by atoms with van der Waals surface area (Å²) in [5, 5.41) is 6.33. The fourth-order valence-electron chi connectivity index (χ4n) is 2.12. The van der Waals surface area contributed by atoms with Crippen LogP contribution in [0.4, 0.5) is 4.39 Å². The van der Waals surface area contributed by atoms with Gasteiger partial charge in [0.05, 0.1) is 22.7 Å². The molecule has 2 N–H and O–H groups in total. The molecule has 1 aliphatic heterocycles. The van der Waals surface area contributed by atoms with Crippen LogP contribution in [0.2, 0.25) is 0 Å². The minimum absolute atomic E-state index is 0.278. The number of carbonyl (C=O) groups excluding carboxylic acids is 1. The number of esters is 1. The highest BCUT2D eigenvalue weighted by atomic mass is 79.9. The van der Waals surface area contributed by atoms with Crippen LogP contribution in [0.25, 0.3) is 0 Å². The molecule has 0 unspecified atom stereocenters. The lowest BCUT2D eigenvalue weighted by atomic mass is 9.96. The minimum Gasteiger partial charge on any atom is -0.463 e. The molecule has 0 fully saturated rings. The molecule has 0 aliphatic carbocycles. The van der Waals surface area contributed by atoms with Gasteiger partial charge >= 0.3 is 5.97 Å². The molecule has 0 amide bonds. The molecule has 1 aromatic rings. The maximum Gasteiger partial charge on any atom is 0.338 e. The van der Waals surface area contributed by atoms with Crippen LogP contribution in [0, 0.1) is 5.82 Å². The summed E-state index contributed by atoms with van der Waals surface area (Å²) in [6.45, 7) is 3.77. The Morgan fingerprint density at radius 3 is 2.86 bits per heavy atom. The van der Waals surface area contributed by atoms with E-state index in [2.05, 4.69) is 26.6 Å². The van der Waals surface area contributed by atoms with Gasteiger partial charge in [-0.2, -0.15) is 0 Å². The Hall–Kier alpha value is -1.47. The number of rotatable bonds is 3. The predicted octanol–water partition coefficient (Wildman–Crippen LogP) is 2.94. The lowest BCUT2D eigenvalue weighted by Crippen LogP contribution is -2.45. The fraction of sp³-hybridized carbons (Fsp3) is 0.286. The van der Waals surface area contributed by atoms with Crippen molar-refractivity contribution in [2.75, 3.05) is 6.61 Å². The zero-order valence-electron chi connectivity index (χ0n) is 11.5. The second kappa shape index (κ2) is 6.53. The van der Waals surface area contributed by atoms with Crippen molar-refractivity contribution in [3.8, 4) is 0 Å². The van der Waals surface area contributed by atoms with E-state index < -0.39 is 12.0 Å². The van der Waals surface area contributed by atoms with Crippen LogP contribution >= 0.6 is 28.1 Å². The Labute approximate surface area is 135 Å². The van der Waals surface area contributed by atoms with Crippen molar-refractivity contribution in [2.24, 2.45) is 0 Å². The van der Waals surface area contributed by atoms with Crippen LogP contribution in [0.1, 0.15) is 25.5 Å². The van der Waals surface area contributed by atoms with Crippen molar-refractivity contribution in [2.45, 2.75) is 19.9 Å². The number of ether oxygens (including phenoxy) is 1. The van der Waals surface area contributed by atoms with Gasteiger partial charge in [0.15, 0.2) is 5.11 Å². The summed E-state index contributed by atoms with van der Waals surface area (Å²) < 4.78 is 18.8. The summed E-state index contributed by atoms with van der Waals surface area (Å²) in [4.78, 5) is 12.2. The molecule has 0 spiro atoms. The van der Waals surface area contributed by atoms with E-state index in [0.29, 0.717) is 20.9 Å². The van der Waals surface area contributed by atoms with Crippen molar-refractivity contribution in [3.63, 3.8) is 0 Å². The summed E-state index contributed by atoms with van der Waals surface area (Å²) in [5.74, 6) is -0.795. The quantitative estimate of drug-likeness (QED) is 0.630. The second-order valence-corrected chi connectivity index (χ2v) is 5.73. The van der Waals surface area contributed by atoms with E-state index in [1.807, 2.05) is 0 Å². The minimum atomic E-state index is -0.477. The number of halogens is 2. The van der Waals surface area contributed by atoms with Crippen LogP contribution in [0.3, 0.4) is 0 Å². The smallest absolute Gasteiger partial charge is 0.338 e. The van der Waals surface area contributed by atoms with Gasteiger partial charge < -0.3 is 15.4 Å². The molecular weight excluding hydrogens is 359 g/mol. The van der Waals surface area contributed by atoms with Crippen molar-refractivity contribution < 1.29 is 13.9 Å². The Morgan fingerprint density at radius 2 is 2.24 bits per heavy atom. The Bertz CT molecular complexity index is 633. The number of nitrogens with one attached hydrogen (secondary N) is 2. The lowest BCUT2D eigenvalue weighted by molar-refractivity contribution is -0.139. The molecular formula is C14H14BrFN2O2S. The average Bonchev–Trinajstić information content (AvgIpc) is 2.41. The average molecular weight is 373 g/mol. The van der Waals surface area contributed by atoms with E-state index >= 15 is 0 Å². The molecule has 0 bridgehead atoms. The summed E-state index contributed by atoms with van der Waals surface area (Å²) in [7, 11) is 0. The summed E-state index contributed by atoms with van der Waals surface area (Å²) in [6.07, 6.45) is 0. The van der Waals surface area contributed by atoms with Crippen LogP contribution in [0.5, 0.6) is 0 Å². The maximum absolute atomic E-state index is 13.4. The van der Waals surface area contributed by atoms with E-state index in [1.165, 1.54) is 6.07 Å². The molecule has 4 nitrogen and oxygen atoms in total. The monoisotopic (exact) mass is 372 g/mol. The number of benzene rings is 1. The van der Waals surface area contributed by atoms with Gasteiger partial charge in [0.2, 0.25) is 0 Å². The van der Waals surface area contributed by atoms with Crippen molar-refractivity contribution in [3.05, 3.63) is 45.3 Å². The third kappa shape index (κ3) is 3.41. The van der Waals surface area contributed by atoms with Crippen LogP contribution in [-0.4, -0.2) is 17.7 Å². The predicted molar refractivity (Wildman–Crippen MR) is 85.0 cm³/mol. The highest BCUT2D eigenvalue weighted by molar-refractivity contribution is 9.10. The van der Waals surface area contributed by atoms with Gasteiger partial charge in [-0.3, -0.25) is 0 Å². The summed E-state index contributed by atoms with van der Waals surface area (Å²) in [5.41, 5.74) is 1.78. The van der Waals surface area contributed by atoms with Crippen molar-refractivity contribution in [1.29, 1.82) is 0 Å². The number of allylic oxidation sites excluding steroid dienone is 1. The molecule has 21 heavy (non-hydrogen) atoms. The molecule has 0 saturated carbocycles. The molecule has 0 aromatic heterocycles. The first-order chi connectivity index (χ1) is 9.93. The van der Waals surface area contributed by atoms with Gasteiger partial charge in [-0.25, -0.2) is 9.18 Å². The van der Waals surface area contributed by atoms with Gasteiger partial charge in [-0.1, -0.05) is 6.07 Å². The second-order valence-electron chi connectivity index (χ2n) is 4.46. The molecule has 112 valence electrons. The first kappa shape index (κ1) is 15.9. The van der Waals surface area contributed by atoms with Crippen molar-refractivity contribution >= 4 is 39.2 Å². The molecule has 7 heteroatoms. The van der Waals surface area contributed by atoms with Gasteiger partial charge in [-0.15, -0.1) is 0 Å². The van der Waals surface area contributed by atoms with E-state index in [0.717, 1.165) is 5.56 Å². The molecule has 0 saturated heterocycles. The van der Waals surface area contributed by atoms with Gasteiger partial charge in [-0.05, 0) is 59.7 Å². The highest BCUT2D eigenvalue weighted by Gasteiger charge is 2.31. The first-order valence-electron chi connectivity index (χ1n) is 6.34.